The van der Waals surface area contributed by atoms with E-state index in [-0.39, 0.29) is 5.56 Å². The summed E-state index contributed by atoms with van der Waals surface area (Å²) in [4.78, 5) is 20.5. The predicted molar refractivity (Wildman–Crippen MR) is 110 cm³/mol. The van der Waals surface area contributed by atoms with Crippen molar-refractivity contribution in [2.24, 2.45) is 0 Å². The molecule has 4 rings (SSSR count). The van der Waals surface area contributed by atoms with E-state index in [0.717, 1.165) is 54.9 Å². The van der Waals surface area contributed by atoms with Gasteiger partial charge in [-0.25, -0.2) is 4.98 Å². The number of thiophene rings is 1. The summed E-state index contributed by atoms with van der Waals surface area (Å²) in [6.07, 6.45) is 4.33. The van der Waals surface area contributed by atoms with E-state index in [1.165, 1.54) is 17.8 Å². The molecular weight excluding hydrogens is 356 g/mol. The van der Waals surface area contributed by atoms with Crippen LogP contribution >= 0.6 is 11.3 Å². The minimum Gasteiger partial charge on any atom is -0.342 e. The summed E-state index contributed by atoms with van der Waals surface area (Å²) in [6.45, 7) is 4.31. The highest BCUT2D eigenvalue weighted by Crippen LogP contribution is 2.26. The molecule has 1 aliphatic heterocycles. The summed E-state index contributed by atoms with van der Waals surface area (Å²) < 4.78 is 2.47. The third-order valence-electron chi connectivity index (χ3n) is 5.22. The molecule has 1 aromatic carbocycles. The fourth-order valence-corrected chi connectivity index (χ4v) is 4.74. The predicted octanol–water partition coefficient (Wildman–Crippen LogP) is 3.93. The van der Waals surface area contributed by atoms with Crippen molar-refractivity contribution in [1.29, 1.82) is 5.26 Å². The Bertz CT molecular complexity index is 1070. The Kier molecular flexibility index (Phi) is 4.95. The minimum atomic E-state index is -0.00184. The highest BCUT2D eigenvalue weighted by atomic mass is 32.1. The van der Waals surface area contributed by atoms with Gasteiger partial charge < -0.3 is 4.90 Å². The van der Waals surface area contributed by atoms with Crippen LogP contribution in [0.4, 0.5) is 5.95 Å². The van der Waals surface area contributed by atoms with Gasteiger partial charge in [-0.05, 0) is 48.3 Å². The molecular formula is C21H22N4OS. The van der Waals surface area contributed by atoms with Crippen LogP contribution < -0.4 is 10.5 Å². The second kappa shape index (κ2) is 7.53. The maximum atomic E-state index is 13.3. The van der Waals surface area contributed by atoms with E-state index in [9.17, 15) is 10.1 Å². The molecule has 3 heterocycles. The normalized spacial score (nSPS) is 14.4. The lowest BCUT2D eigenvalue weighted by atomic mass is 10.1. The molecule has 138 valence electrons. The molecule has 0 amide bonds. The van der Waals surface area contributed by atoms with E-state index in [4.69, 9.17) is 4.98 Å². The molecule has 27 heavy (non-hydrogen) atoms. The molecule has 0 N–H and O–H groups in total. The van der Waals surface area contributed by atoms with Crippen LogP contribution in [0.15, 0.2) is 34.4 Å². The molecule has 1 aliphatic rings. The summed E-state index contributed by atoms with van der Waals surface area (Å²) in [5.41, 5.74) is 3.44. The molecule has 0 atom stereocenters. The molecule has 3 aromatic rings. The van der Waals surface area contributed by atoms with Crippen molar-refractivity contribution in [2.45, 2.75) is 39.2 Å². The molecule has 5 nitrogen and oxygen atoms in total. The van der Waals surface area contributed by atoms with Gasteiger partial charge in [-0.1, -0.05) is 25.1 Å². The van der Waals surface area contributed by atoms with Gasteiger partial charge in [-0.3, -0.25) is 9.36 Å². The van der Waals surface area contributed by atoms with Gasteiger partial charge in [0.25, 0.3) is 5.56 Å². The summed E-state index contributed by atoms with van der Waals surface area (Å²) in [7, 11) is 0. The zero-order valence-electron chi connectivity index (χ0n) is 15.4. The Labute approximate surface area is 162 Å². The van der Waals surface area contributed by atoms with Crippen molar-refractivity contribution >= 4 is 27.5 Å². The Morgan fingerprint density at radius 3 is 2.70 bits per heavy atom. The summed E-state index contributed by atoms with van der Waals surface area (Å²) in [5.74, 6) is 0.744. The summed E-state index contributed by atoms with van der Waals surface area (Å²) in [6, 6.07) is 9.72. The van der Waals surface area contributed by atoms with Gasteiger partial charge in [0.2, 0.25) is 5.95 Å². The Morgan fingerprint density at radius 1 is 1.19 bits per heavy atom. The number of fused-ring (bicyclic) bond motifs is 1. The largest absolute Gasteiger partial charge is 0.342 e. The number of anilines is 1. The maximum absolute atomic E-state index is 13.3. The molecule has 6 heteroatoms. The van der Waals surface area contributed by atoms with E-state index < -0.39 is 0 Å². The van der Waals surface area contributed by atoms with Crippen molar-refractivity contribution in [2.75, 3.05) is 18.0 Å². The first-order valence-corrected chi connectivity index (χ1v) is 10.3. The second-order valence-corrected chi connectivity index (χ2v) is 7.79. The van der Waals surface area contributed by atoms with E-state index in [0.29, 0.717) is 16.8 Å². The zero-order chi connectivity index (χ0) is 18.8. The van der Waals surface area contributed by atoms with Crippen LogP contribution in [0.2, 0.25) is 0 Å². The Hall–Kier alpha value is -2.65. The van der Waals surface area contributed by atoms with Gasteiger partial charge in [-0.15, -0.1) is 11.3 Å². The number of hydrogen-bond acceptors (Lipinski definition) is 5. The van der Waals surface area contributed by atoms with Gasteiger partial charge in [0.05, 0.1) is 23.7 Å². The molecule has 0 radical (unpaired) electrons. The van der Waals surface area contributed by atoms with Gasteiger partial charge in [0.15, 0.2) is 0 Å². The third kappa shape index (κ3) is 3.24. The smallest absolute Gasteiger partial charge is 0.273 e. The van der Waals surface area contributed by atoms with E-state index >= 15 is 0 Å². The van der Waals surface area contributed by atoms with Gasteiger partial charge in [0.1, 0.15) is 4.70 Å². The van der Waals surface area contributed by atoms with E-state index in [2.05, 4.69) is 17.9 Å². The van der Waals surface area contributed by atoms with Crippen LogP contribution in [-0.2, 0) is 13.0 Å². The molecule has 2 aromatic heterocycles. The number of rotatable bonds is 4. The molecule has 0 spiro atoms. The minimum absolute atomic E-state index is 0.00184. The zero-order valence-corrected chi connectivity index (χ0v) is 16.3. The van der Waals surface area contributed by atoms with E-state index in [1.54, 1.807) is 10.6 Å². The first-order chi connectivity index (χ1) is 13.2. The SMILES string of the molecule is CCc1csc2c(=O)n(Cc3ccccc3C#N)c(N3CCCCC3)nc12. The average molecular weight is 379 g/mol. The molecule has 0 unspecified atom stereocenters. The molecule has 0 aliphatic carbocycles. The average Bonchev–Trinajstić information content (AvgIpc) is 3.14. The molecule has 1 saturated heterocycles. The lowest BCUT2D eigenvalue weighted by Gasteiger charge is -2.29. The van der Waals surface area contributed by atoms with Crippen LogP contribution in [0.1, 0.15) is 42.9 Å². The number of benzene rings is 1. The number of nitriles is 1. The van der Waals surface area contributed by atoms with E-state index in [1.807, 2.05) is 23.6 Å². The molecule has 1 fully saturated rings. The monoisotopic (exact) mass is 378 g/mol. The summed E-state index contributed by atoms with van der Waals surface area (Å²) in [5, 5.41) is 11.5. The van der Waals surface area contributed by atoms with Crippen LogP contribution in [0.25, 0.3) is 10.2 Å². The standard InChI is InChI=1S/C21H22N4OS/c1-2-15-14-27-19-18(15)23-21(24-10-6-3-7-11-24)25(20(19)26)13-17-9-5-4-8-16(17)12-22/h4-5,8-9,14H,2-3,6-7,10-11,13H2,1H3. The topological polar surface area (TPSA) is 61.9 Å². The fourth-order valence-electron chi connectivity index (χ4n) is 3.70. The highest BCUT2D eigenvalue weighted by molar-refractivity contribution is 7.17. The van der Waals surface area contributed by atoms with Crippen molar-refractivity contribution in [3.63, 3.8) is 0 Å². The Morgan fingerprint density at radius 2 is 1.96 bits per heavy atom. The fraction of sp³-hybridized carbons (Fsp3) is 0.381. The number of hydrogen-bond donors (Lipinski definition) is 0. The molecule has 0 saturated carbocycles. The second-order valence-electron chi connectivity index (χ2n) is 6.91. The lowest BCUT2D eigenvalue weighted by molar-refractivity contribution is 0.553. The summed E-state index contributed by atoms with van der Waals surface area (Å²) >= 11 is 1.48. The van der Waals surface area contributed by atoms with Gasteiger partial charge in [-0.2, -0.15) is 5.26 Å². The number of aromatic nitrogens is 2. The quantitative estimate of drug-likeness (QED) is 0.690. The van der Waals surface area contributed by atoms with Crippen molar-refractivity contribution in [1.82, 2.24) is 9.55 Å². The lowest BCUT2D eigenvalue weighted by Crippen LogP contribution is -2.36. The van der Waals surface area contributed by atoms with Crippen molar-refractivity contribution in [3.05, 3.63) is 56.7 Å². The first kappa shape index (κ1) is 17.7. The van der Waals surface area contributed by atoms with Crippen LogP contribution in [-0.4, -0.2) is 22.6 Å². The molecule has 0 bridgehead atoms. The van der Waals surface area contributed by atoms with Crippen molar-refractivity contribution < 1.29 is 0 Å². The van der Waals surface area contributed by atoms with Crippen molar-refractivity contribution in [3.8, 4) is 6.07 Å². The highest BCUT2D eigenvalue weighted by Gasteiger charge is 2.21. The van der Waals surface area contributed by atoms with Gasteiger partial charge in [0, 0.05) is 13.1 Å². The Balaban J connectivity index is 1.90. The number of piperidine rings is 1. The van der Waals surface area contributed by atoms with Gasteiger partial charge >= 0.3 is 0 Å². The third-order valence-corrected chi connectivity index (χ3v) is 6.22. The maximum Gasteiger partial charge on any atom is 0.273 e. The number of nitrogens with zero attached hydrogens (tertiary/aromatic N) is 4. The first-order valence-electron chi connectivity index (χ1n) is 9.46. The van der Waals surface area contributed by atoms with Crippen LogP contribution in [0.5, 0.6) is 0 Å². The van der Waals surface area contributed by atoms with Crippen LogP contribution in [0, 0.1) is 11.3 Å². The van der Waals surface area contributed by atoms with Crippen LogP contribution in [0.3, 0.4) is 0 Å². The number of aryl methyl sites for hydroxylation is 1.